The Balaban J connectivity index is 1.77. The summed E-state index contributed by atoms with van der Waals surface area (Å²) in [6, 6.07) is 3.07. The molecule has 0 aromatic heterocycles. The summed E-state index contributed by atoms with van der Waals surface area (Å²) in [6.07, 6.45) is 0.927. The summed E-state index contributed by atoms with van der Waals surface area (Å²) in [4.78, 5) is 28.1. The van der Waals surface area contributed by atoms with Gasteiger partial charge in [-0.05, 0) is 18.6 Å². The SMILES string of the molecule is CCCNC(=O)CN1CCN(CC(=O)Nc2c(Cl)cc(Cl)cc2Cl)CC1. The van der Waals surface area contributed by atoms with Gasteiger partial charge >= 0.3 is 0 Å². The molecule has 0 bridgehead atoms. The number of benzene rings is 1. The van der Waals surface area contributed by atoms with E-state index in [-0.39, 0.29) is 18.4 Å². The van der Waals surface area contributed by atoms with E-state index in [1.54, 1.807) is 0 Å². The second kappa shape index (κ2) is 10.3. The number of carbonyl (C=O) groups excluding carboxylic acids is 2. The first-order valence-corrected chi connectivity index (χ1v) is 9.68. The van der Waals surface area contributed by atoms with E-state index in [0.29, 0.717) is 33.8 Å². The Kier molecular flexibility index (Phi) is 8.44. The van der Waals surface area contributed by atoms with Gasteiger partial charge in [0.2, 0.25) is 11.8 Å². The molecule has 1 heterocycles. The number of nitrogens with one attached hydrogen (secondary N) is 2. The van der Waals surface area contributed by atoms with E-state index in [2.05, 4.69) is 15.5 Å². The molecule has 2 N–H and O–H groups in total. The van der Waals surface area contributed by atoms with Gasteiger partial charge in [-0.15, -0.1) is 0 Å². The van der Waals surface area contributed by atoms with Crippen LogP contribution in [0.2, 0.25) is 15.1 Å². The van der Waals surface area contributed by atoms with E-state index in [4.69, 9.17) is 34.8 Å². The van der Waals surface area contributed by atoms with Gasteiger partial charge in [0.25, 0.3) is 0 Å². The number of carbonyl (C=O) groups is 2. The van der Waals surface area contributed by atoms with Crippen molar-refractivity contribution in [3.63, 3.8) is 0 Å². The van der Waals surface area contributed by atoms with Crippen LogP contribution in [0, 0.1) is 0 Å². The molecule has 0 saturated carbocycles. The third-order valence-corrected chi connectivity index (χ3v) is 4.86. The molecular weight excluding hydrogens is 399 g/mol. The molecule has 0 spiro atoms. The minimum atomic E-state index is -0.190. The number of hydrogen-bond donors (Lipinski definition) is 2. The van der Waals surface area contributed by atoms with E-state index < -0.39 is 0 Å². The van der Waals surface area contributed by atoms with Gasteiger partial charge in [0.15, 0.2) is 0 Å². The van der Waals surface area contributed by atoms with Crippen LogP contribution in [0.15, 0.2) is 12.1 Å². The molecule has 1 aromatic rings. The zero-order valence-corrected chi connectivity index (χ0v) is 16.9. The number of nitrogens with zero attached hydrogens (tertiary/aromatic N) is 2. The average Bonchev–Trinajstić information content (AvgIpc) is 2.58. The van der Waals surface area contributed by atoms with Crippen LogP contribution in [0.4, 0.5) is 5.69 Å². The quantitative estimate of drug-likeness (QED) is 0.710. The van der Waals surface area contributed by atoms with Crippen molar-refractivity contribution in [3.05, 3.63) is 27.2 Å². The Hall–Kier alpha value is -1.05. The van der Waals surface area contributed by atoms with Gasteiger partial charge in [-0.2, -0.15) is 0 Å². The van der Waals surface area contributed by atoms with E-state index in [0.717, 1.165) is 32.6 Å². The van der Waals surface area contributed by atoms with Gasteiger partial charge in [0.05, 0.1) is 28.8 Å². The van der Waals surface area contributed by atoms with Crippen LogP contribution in [0.3, 0.4) is 0 Å². The summed E-state index contributed by atoms with van der Waals surface area (Å²) in [5.41, 5.74) is 0.369. The number of halogens is 3. The molecule has 0 radical (unpaired) electrons. The van der Waals surface area contributed by atoms with Crippen LogP contribution in [0.1, 0.15) is 13.3 Å². The Morgan fingerprint density at radius 3 is 1.96 bits per heavy atom. The van der Waals surface area contributed by atoms with E-state index in [1.807, 2.05) is 11.8 Å². The third-order valence-electron chi connectivity index (χ3n) is 4.04. The molecule has 6 nitrogen and oxygen atoms in total. The van der Waals surface area contributed by atoms with E-state index in [9.17, 15) is 9.59 Å². The van der Waals surface area contributed by atoms with Crippen molar-refractivity contribution in [2.45, 2.75) is 13.3 Å². The van der Waals surface area contributed by atoms with Crippen LogP contribution in [0.5, 0.6) is 0 Å². The van der Waals surface area contributed by atoms with Gasteiger partial charge in [-0.1, -0.05) is 41.7 Å². The lowest BCUT2D eigenvalue weighted by Crippen LogP contribution is -2.51. The predicted molar refractivity (Wildman–Crippen MR) is 106 cm³/mol. The molecular formula is C17H23Cl3N4O2. The Morgan fingerprint density at radius 1 is 0.962 bits per heavy atom. The Morgan fingerprint density at radius 2 is 1.46 bits per heavy atom. The Labute approximate surface area is 168 Å². The number of piperazine rings is 1. The van der Waals surface area contributed by atoms with Crippen molar-refractivity contribution >= 4 is 52.3 Å². The zero-order valence-electron chi connectivity index (χ0n) is 14.7. The summed E-state index contributed by atoms with van der Waals surface area (Å²) in [7, 11) is 0. The maximum Gasteiger partial charge on any atom is 0.238 e. The van der Waals surface area contributed by atoms with Crippen LogP contribution < -0.4 is 10.6 Å². The number of amides is 2. The van der Waals surface area contributed by atoms with Crippen LogP contribution >= 0.6 is 34.8 Å². The fourth-order valence-corrected chi connectivity index (χ4v) is 3.58. The van der Waals surface area contributed by atoms with Gasteiger partial charge in [-0.25, -0.2) is 0 Å². The first-order chi connectivity index (χ1) is 12.4. The van der Waals surface area contributed by atoms with Gasteiger partial charge in [0, 0.05) is 37.7 Å². The van der Waals surface area contributed by atoms with Gasteiger partial charge < -0.3 is 10.6 Å². The van der Waals surface area contributed by atoms with Crippen molar-refractivity contribution in [2.24, 2.45) is 0 Å². The van der Waals surface area contributed by atoms with Crippen LogP contribution in [0.25, 0.3) is 0 Å². The maximum atomic E-state index is 12.3. The van der Waals surface area contributed by atoms with Crippen molar-refractivity contribution in [1.29, 1.82) is 0 Å². The topological polar surface area (TPSA) is 64.7 Å². The van der Waals surface area contributed by atoms with Crippen LogP contribution in [-0.2, 0) is 9.59 Å². The molecule has 1 aliphatic heterocycles. The lowest BCUT2D eigenvalue weighted by atomic mass is 10.3. The number of hydrogen-bond acceptors (Lipinski definition) is 4. The van der Waals surface area contributed by atoms with E-state index >= 15 is 0 Å². The highest BCUT2D eigenvalue weighted by Crippen LogP contribution is 2.33. The zero-order chi connectivity index (χ0) is 19.1. The highest BCUT2D eigenvalue weighted by atomic mass is 35.5. The van der Waals surface area contributed by atoms with E-state index in [1.165, 1.54) is 12.1 Å². The summed E-state index contributed by atoms with van der Waals surface area (Å²) < 4.78 is 0. The fourth-order valence-electron chi connectivity index (χ4n) is 2.67. The smallest absolute Gasteiger partial charge is 0.238 e. The molecule has 1 aliphatic rings. The molecule has 144 valence electrons. The highest BCUT2D eigenvalue weighted by Gasteiger charge is 2.21. The summed E-state index contributed by atoms with van der Waals surface area (Å²) in [5, 5.41) is 6.63. The molecule has 1 saturated heterocycles. The lowest BCUT2D eigenvalue weighted by Gasteiger charge is -2.33. The predicted octanol–water partition coefficient (Wildman–Crippen LogP) is 2.73. The standard InChI is InChI=1S/C17H23Cl3N4O2/c1-2-3-21-15(25)10-23-4-6-24(7-5-23)11-16(26)22-17-13(19)8-12(18)9-14(17)20/h8-9H,2-7,10-11H2,1H3,(H,21,25)(H,22,26). The molecule has 2 amide bonds. The minimum absolute atomic E-state index is 0.0464. The first kappa shape index (κ1) is 21.3. The molecule has 0 unspecified atom stereocenters. The molecule has 2 rings (SSSR count). The number of anilines is 1. The van der Waals surface area contributed by atoms with Crippen LogP contribution in [-0.4, -0.2) is 67.4 Å². The fraction of sp³-hybridized carbons (Fsp3) is 0.529. The second-order valence-corrected chi connectivity index (χ2v) is 7.45. The first-order valence-electron chi connectivity index (χ1n) is 8.55. The maximum absolute atomic E-state index is 12.3. The molecule has 9 heteroatoms. The summed E-state index contributed by atoms with van der Waals surface area (Å²) in [6.45, 7) is 6.29. The average molecular weight is 422 g/mol. The van der Waals surface area contributed by atoms with Crippen molar-refractivity contribution in [3.8, 4) is 0 Å². The summed E-state index contributed by atoms with van der Waals surface area (Å²) >= 11 is 18.0. The molecule has 0 aliphatic carbocycles. The monoisotopic (exact) mass is 420 g/mol. The van der Waals surface area contributed by atoms with Gasteiger partial charge in [-0.3, -0.25) is 19.4 Å². The van der Waals surface area contributed by atoms with Gasteiger partial charge in [0.1, 0.15) is 0 Å². The summed E-state index contributed by atoms with van der Waals surface area (Å²) in [5.74, 6) is -0.143. The number of rotatable bonds is 7. The second-order valence-electron chi connectivity index (χ2n) is 6.19. The largest absolute Gasteiger partial charge is 0.355 e. The molecule has 1 fully saturated rings. The normalized spacial score (nSPS) is 15.7. The third kappa shape index (κ3) is 6.59. The molecule has 26 heavy (non-hydrogen) atoms. The molecule has 0 atom stereocenters. The highest BCUT2D eigenvalue weighted by molar-refractivity contribution is 6.42. The minimum Gasteiger partial charge on any atom is -0.355 e. The molecule has 1 aromatic carbocycles. The van der Waals surface area contributed by atoms with Crippen molar-refractivity contribution in [2.75, 3.05) is 51.1 Å². The Bertz CT molecular complexity index is 626. The lowest BCUT2D eigenvalue weighted by molar-refractivity contribution is -0.123. The van der Waals surface area contributed by atoms with Crippen molar-refractivity contribution < 1.29 is 9.59 Å². The van der Waals surface area contributed by atoms with Crippen molar-refractivity contribution in [1.82, 2.24) is 15.1 Å².